The summed E-state index contributed by atoms with van der Waals surface area (Å²) < 4.78 is 26.6. The number of hydrogen-bond donors (Lipinski definition) is 1. The summed E-state index contributed by atoms with van der Waals surface area (Å²) in [6.45, 7) is 0.346. The molecule has 2 aromatic carbocycles. The van der Waals surface area contributed by atoms with Crippen molar-refractivity contribution in [3.05, 3.63) is 53.1 Å². The van der Waals surface area contributed by atoms with Crippen molar-refractivity contribution < 1.29 is 38.4 Å². The first kappa shape index (κ1) is 23.9. The fourth-order valence-electron chi connectivity index (χ4n) is 3.81. The molecular formula is C24H27NO8. The molecular weight excluding hydrogens is 430 g/mol. The predicted molar refractivity (Wildman–Crippen MR) is 120 cm³/mol. The first-order chi connectivity index (χ1) is 15.9. The van der Waals surface area contributed by atoms with Gasteiger partial charge in [0.1, 0.15) is 11.5 Å². The van der Waals surface area contributed by atoms with Gasteiger partial charge in [0.25, 0.3) is 11.7 Å². The summed E-state index contributed by atoms with van der Waals surface area (Å²) in [4.78, 5) is 27.4. The van der Waals surface area contributed by atoms with Gasteiger partial charge in [-0.05, 0) is 42.0 Å². The molecule has 1 amide bonds. The maximum atomic E-state index is 13.1. The van der Waals surface area contributed by atoms with Crippen LogP contribution in [-0.2, 0) is 14.3 Å². The highest BCUT2D eigenvalue weighted by Gasteiger charge is 2.46. The van der Waals surface area contributed by atoms with Gasteiger partial charge in [-0.3, -0.25) is 9.59 Å². The molecule has 3 rings (SSSR count). The lowest BCUT2D eigenvalue weighted by Crippen LogP contribution is -2.32. The topological polar surface area (TPSA) is 104 Å². The number of benzene rings is 2. The molecule has 9 heteroatoms. The van der Waals surface area contributed by atoms with E-state index in [2.05, 4.69) is 0 Å². The number of methoxy groups -OCH3 is 5. The van der Waals surface area contributed by atoms with Crippen LogP contribution in [0.25, 0.3) is 5.76 Å². The zero-order chi connectivity index (χ0) is 24.1. The van der Waals surface area contributed by atoms with Crippen LogP contribution in [0.3, 0.4) is 0 Å². The SMILES string of the molecule is COCCN1C(=O)C(=O)/C(=C(/O)c2ccc(OC)cc2)C1c1cc(OC)c(OC)c(OC)c1. The van der Waals surface area contributed by atoms with Gasteiger partial charge < -0.3 is 33.7 Å². The molecule has 0 bridgehead atoms. The van der Waals surface area contributed by atoms with Gasteiger partial charge in [0.15, 0.2) is 11.5 Å². The maximum absolute atomic E-state index is 13.1. The summed E-state index contributed by atoms with van der Waals surface area (Å²) in [6, 6.07) is 8.95. The van der Waals surface area contributed by atoms with E-state index < -0.39 is 17.7 Å². The molecule has 1 unspecified atom stereocenters. The predicted octanol–water partition coefficient (Wildman–Crippen LogP) is 2.79. The number of hydrogen-bond acceptors (Lipinski definition) is 8. The Morgan fingerprint density at radius 1 is 0.909 bits per heavy atom. The molecule has 9 nitrogen and oxygen atoms in total. The van der Waals surface area contributed by atoms with Crippen LogP contribution in [0.15, 0.2) is 42.0 Å². The Hall–Kier alpha value is -3.72. The highest BCUT2D eigenvalue weighted by atomic mass is 16.5. The van der Waals surface area contributed by atoms with Gasteiger partial charge in [-0.2, -0.15) is 0 Å². The van der Waals surface area contributed by atoms with E-state index in [9.17, 15) is 14.7 Å². The second kappa shape index (κ2) is 10.3. The fraction of sp³-hybridized carbons (Fsp3) is 0.333. The molecule has 2 aromatic rings. The monoisotopic (exact) mass is 457 g/mol. The third-order valence-electron chi connectivity index (χ3n) is 5.44. The second-order valence-electron chi connectivity index (χ2n) is 7.17. The number of rotatable bonds is 9. The summed E-state index contributed by atoms with van der Waals surface area (Å²) in [5.41, 5.74) is 0.836. The van der Waals surface area contributed by atoms with Crippen LogP contribution in [0.4, 0.5) is 0 Å². The Bertz CT molecular complexity index is 1040. The van der Waals surface area contributed by atoms with Gasteiger partial charge in [0.2, 0.25) is 5.75 Å². The van der Waals surface area contributed by atoms with Gasteiger partial charge in [0, 0.05) is 19.2 Å². The number of ketones is 1. The summed E-state index contributed by atoms with van der Waals surface area (Å²) >= 11 is 0. The molecule has 1 fully saturated rings. The van der Waals surface area contributed by atoms with E-state index in [0.717, 1.165) is 0 Å². The lowest BCUT2D eigenvalue weighted by molar-refractivity contribution is -0.140. The minimum Gasteiger partial charge on any atom is -0.507 e. The molecule has 176 valence electrons. The second-order valence-corrected chi connectivity index (χ2v) is 7.17. The van der Waals surface area contributed by atoms with Crippen molar-refractivity contribution in [2.45, 2.75) is 6.04 Å². The van der Waals surface area contributed by atoms with E-state index in [1.807, 2.05) is 0 Å². The summed E-state index contributed by atoms with van der Waals surface area (Å²) in [7, 11) is 7.46. The summed E-state index contributed by atoms with van der Waals surface area (Å²) in [6.07, 6.45) is 0. The van der Waals surface area contributed by atoms with Crippen LogP contribution in [0.1, 0.15) is 17.2 Å². The number of aliphatic hydroxyl groups excluding tert-OH is 1. The molecule has 1 aliphatic heterocycles. The number of nitrogens with zero attached hydrogens (tertiary/aromatic N) is 1. The van der Waals surface area contributed by atoms with E-state index in [4.69, 9.17) is 23.7 Å². The largest absolute Gasteiger partial charge is 0.507 e. The molecule has 1 heterocycles. The highest BCUT2D eigenvalue weighted by molar-refractivity contribution is 6.46. The van der Waals surface area contributed by atoms with Gasteiger partial charge in [-0.15, -0.1) is 0 Å². The van der Waals surface area contributed by atoms with Crippen molar-refractivity contribution in [1.29, 1.82) is 0 Å². The quantitative estimate of drug-likeness (QED) is 0.348. The first-order valence-electron chi connectivity index (χ1n) is 10.1. The van der Waals surface area contributed by atoms with Gasteiger partial charge in [0.05, 0.1) is 46.7 Å². The molecule has 33 heavy (non-hydrogen) atoms. The smallest absolute Gasteiger partial charge is 0.295 e. The highest BCUT2D eigenvalue weighted by Crippen LogP contribution is 2.45. The lowest BCUT2D eigenvalue weighted by Gasteiger charge is -2.26. The molecule has 0 radical (unpaired) electrons. The Morgan fingerprint density at radius 3 is 2.00 bits per heavy atom. The van der Waals surface area contributed by atoms with Crippen molar-refractivity contribution in [2.75, 3.05) is 48.7 Å². The molecule has 1 aliphatic rings. The summed E-state index contributed by atoms with van der Waals surface area (Å²) in [5.74, 6) is -0.156. The van der Waals surface area contributed by atoms with Gasteiger partial charge in [-0.25, -0.2) is 0 Å². The average Bonchev–Trinajstić information content (AvgIpc) is 3.10. The van der Waals surface area contributed by atoms with Crippen molar-refractivity contribution in [3.8, 4) is 23.0 Å². The number of carbonyl (C=O) groups is 2. The fourth-order valence-corrected chi connectivity index (χ4v) is 3.81. The molecule has 0 aromatic heterocycles. The maximum Gasteiger partial charge on any atom is 0.295 e. The Morgan fingerprint density at radius 2 is 1.52 bits per heavy atom. The van der Waals surface area contributed by atoms with E-state index in [-0.39, 0.29) is 24.5 Å². The molecule has 1 N–H and O–H groups in total. The van der Waals surface area contributed by atoms with Crippen molar-refractivity contribution in [1.82, 2.24) is 4.90 Å². The van der Waals surface area contributed by atoms with Crippen LogP contribution in [0.2, 0.25) is 0 Å². The number of likely N-dealkylation sites (tertiary alicyclic amines) is 1. The van der Waals surface area contributed by atoms with E-state index in [1.54, 1.807) is 36.4 Å². The van der Waals surface area contributed by atoms with Gasteiger partial charge >= 0.3 is 0 Å². The molecule has 0 saturated carbocycles. The Kier molecular flexibility index (Phi) is 7.44. The molecule has 1 atom stereocenters. The third kappa shape index (κ3) is 4.45. The zero-order valence-corrected chi connectivity index (χ0v) is 19.2. The van der Waals surface area contributed by atoms with E-state index >= 15 is 0 Å². The Labute approximate surface area is 192 Å². The number of Topliss-reactive ketones (excluding diaryl/α,β-unsaturated/α-hetero) is 1. The van der Waals surface area contributed by atoms with Crippen LogP contribution in [-0.4, -0.2) is 70.4 Å². The minimum absolute atomic E-state index is 0.0458. The normalized spacial score (nSPS) is 17.2. The van der Waals surface area contributed by atoms with Gasteiger partial charge in [-0.1, -0.05) is 0 Å². The zero-order valence-electron chi connectivity index (χ0n) is 19.2. The van der Waals surface area contributed by atoms with E-state index in [0.29, 0.717) is 34.1 Å². The molecule has 0 aliphatic carbocycles. The number of aliphatic hydroxyl groups is 1. The van der Waals surface area contributed by atoms with Crippen LogP contribution < -0.4 is 18.9 Å². The minimum atomic E-state index is -0.893. The standard InChI is InChI=1S/C24H27NO8/c1-29-11-10-25-20(15-12-17(31-3)23(33-5)18(13-15)32-4)19(22(27)24(25)28)21(26)14-6-8-16(30-2)9-7-14/h6-9,12-13,20,26H,10-11H2,1-5H3/b21-19+. The van der Waals surface area contributed by atoms with Crippen LogP contribution in [0.5, 0.6) is 23.0 Å². The molecule has 0 spiro atoms. The van der Waals surface area contributed by atoms with Crippen molar-refractivity contribution in [2.24, 2.45) is 0 Å². The number of amides is 1. The third-order valence-corrected chi connectivity index (χ3v) is 5.44. The van der Waals surface area contributed by atoms with Crippen molar-refractivity contribution >= 4 is 17.4 Å². The molecule has 1 saturated heterocycles. The first-order valence-corrected chi connectivity index (χ1v) is 10.1. The van der Waals surface area contributed by atoms with Crippen LogP contribution in [0, 0.1) is 0 Å². The lowest BCUT2D eigenvalue weighted by atomic mass is 9.94. The van der Waals surface area contributed by atoms with E-state index in [1.165, 1.54) is 40.4 Å². The number of ether oxygens (including phenoxy) is 5. The van der Waals surface area contributed by atoms with Crippen molar-refractivity contribution in [3.63, 3.8) is 0 Å². The van der Waals surface area contributed by atoms with Crippen LogP contribution >= 0.6 is 0 Å². The number of carbonyl (C=O) groups excluding carboxylic acids is 2. The average molecular weight is 457 g/mol. The summed E-state index contributed by atoms with van der Waals surface area (Å²) in [5, 5.41) is 11.1. The Balaban J connectivity index is 2.23.